The van der Waals surface area contributed by atoms with Crippen LogP contribution in [0.15, 0.2) is 54.6 Å². The maximum absolute atomic E-state index is 12.4. The van der Waals surface area contributed by atoms with Crippen molar-refractivity contribution >= 4 is 5.91 Å². The highest BCUT2D eigenvalue weighted by molar-refractivity contribution is 5.78. The number of nitrogens with one attached hydrogen (secondary N) is 2. The minimum atomic E-state index is 0.00783. The Morgan fingerprint density at radius 3 is 2.78 bits per heavy atom. The molecule has 1 aliphatic heterocycles. The summed E-state index contributed by atoms with van der Waals surface area (Å²) in [7, 11) is 1.68. The lowest BCUT2D eigenvalue weighted by Gasteiger charge is -2.36. The van der Waals surface area contributed by atoms with Gasteiger partial charge in [-0.3, -0.25) is 9.69 Å². The van der Waals surface area contributed by atoms with E-state index in [0.717, 1.165) is 36.7 Å². The van der Waals surface area contributed by atoms with Crippen molar-refractivity contribution in [3.05, 3.63) is 60.2 Å². The van der Waals surface area contributed by atoms with Gasteiger partial charge in [-0.15, -0.1) is 0 Å². The van der Waals surface area contributed by atoms with Crippen molar-refractivity contribution in [3.63, 3.8) is 0 Å². The fourth-order valence-electron chi connectivity index (χ4n) is 3.30. The third-order valence-electron chi connectivity index (χ3n) is 4.64. The number of methoxy groups -OCH3 is 1. The summed E-state index contributed by atoms with van der Waals surface area (Å²) in [5.74, 6) is 1.67. The summed E-state index contributed by atoms with van der Waals surface area (Å²) < 4.78 is 11.1. The van der Waals surface area contributed by atoms with Crippen molar-refractivity contribution in [3.8, 4) is 11.5 Å². The van der Waals surface area contributed by atoms with Crippen LogP contribution in [-0.2, 0) is 4.79 Å². The van der Waals surface area contributed by atoms with Crippen LogP contribution in [0.3, 0.4) is 0 Å². The lowest BCUT2D eigenvalue weighted by atomic mass is 10.0. The largest absolute Gasteiger partial charge is 0.496 e. The molecule has 1 unspecified atom stereocenters. The predicted molar refractivity (Wildman–Crippen MR) is 105 cm³/mol. The molecule has 0 aliphatic carbocycles. The van der Waals surface area contributed by atoms with Crippen LogP contribution in [0.25, 0.3) is 0 Å². The number of carbonyl (C=O) groups excluding carboxylic acids is 1. The predicted octanol–water partition coefficient (Wildman–Crippen LogP) is 1.84. The normalized spacial score (nSPS) is 17.3. The third kappa shape index (κ3) is 5.45. The van der Waals surface area contributed by atoms with E-state index in [1.54, 1.807) is 7.11 Å². The van der Waals surface area contributed by atoms with Gasteiger partial charge in [-0.2, -0.15) is 0 Å². The molecule has 0 bridgehead atoms. The Kier molecular flexibility index (Phi) is 7.07. The molecule has 1 saturated heterocycles. The molecule has 27 heavy (non-hydrogen) atoms. The Labute approximate surface area is 160 Å². The van der Waals surface area contributed by atoms with E-state index in [9.17, 15) is 4.79 Å². The van der Waals surface area contributed by atoms with Crippen LogP contribution < -0.4 is 20.1 Å². The minimum Gasteiger partial charge on any atom is -0.496 e. The third-order valence-corrected chi connectivity index (χ3v) is 4.64. The molecule has 0 spiro atoms. The average molecular weight is 369 g/mol. The van der Waals surface area contributed by atoms with Crippen LogP contribution in [0.5, 0.6) is 11.5 Å². The summed E-state index contributed by atoms with van der Waals surface area (Å²) in [6.07, 6.45) is 0. The van der Waals surface area contributed by atoms with E-state index in [-0.39, 0.29) is 11.9 Å². The van der Waals surface area contributed by atoms with Crippen LogP contribution in [-0.4, -0.2) is 57.2 Å². The Balaban J connectivity index is 1.50. The first-order valence-corrected chi connectivity index (χ1v) is 9.30. The number of carbonyl (C=O) groups is 1. The number of rotatable bonds is 8. The van der Waals surface area contributed by atoms with Gasteiger partial charge in [0.2, 0.25) is 5.91 Å². The van der Waals surface area contributed by atoms with Crippen LogP contribution in [0.1, 0.15) is 11.6 Å². The zero-order valence-electron chi connectivity index (χ0n) is 15.7. The molecule has 2 aromatic rings. The molecule has 1 aliphatic rings. The molecule has 0 radical (unpaired) electrons. The molecule has 6 nitrogen and oxygen atoms in total. The number of ether oxygens (including phenoxy) is 2. The average Bonchev–Trinajstić information content (AvgIpc) is 2.72. The zero-order chi connectivity index (χ0) is 18.9. The zero-order valence-corrected chi connectivity index (χ0v) is 15.7. The number of benzene rings is 2. The van der Waals surface area contributed by atoms with Crippen LogP contribution >= 0.6 is 0 Å². The van der Waals surface area contributed by atoms with Crippen molar-refractivity contribution in [1.82, 2.24) is 15.5 Å². The van der Waals surface area contributed by atoms with E-state index >= 15 is 0 Å². The van der Waals surface area contributed by atoms with Gasteiger partial charge >= 0.3 is 0 Å². The second kappa shape index (κ2) is 9.94. The van der Waals surface area contributed by atoms with Gasteiger partial charge in [0, 0.05) is 25.2 Å². The first kappa shape index (κ1) is 19.2. The van der Waals surface area contributed by atoms with Gasteiger partial charge in [0.25, 0.3) is 0 Å². The molecule has 0 saturated carbocycles. The quantitative estimate of drug-likeness (QED) is 0.695. The van der Waals surface area contributed by atoms with Crippen molar-refractivity contribution in [1.29, 1.82) is 0 Å². The maximum Gasteiger partial charge on any atom is 0.234 e. The molecule has 1 amide bonds. The highest BCUT2D eigenvalue weighted by Crippen LogP contribution is 2.29. The molecule has 1 heterocycles. The van der Waals surface area contributed by atoms with E-state index in [4.69, 9.17) is 9.47 Å². The van der Waals surface area contributed by atoms with Gasteiger partial charge in [0.15, 0.2) is 0 Å². The Morgan fingerprint density at radius 1 is 1.19 bits per heavy atom. The van der Waals surface area contributed by atoms with Crippen LogP contribution in [0.4, 0.5) is 0 Å². The maximum atomic E-state index is 12.4. The second-order valence-electron chi connectivity index (χ2n) is 6.44. The second-order valence-corrected chi connectivity index (χ2v) is 6.44. The number of hydrogen-bond donors (Lipinski definition) is 2. The highest BCUT2D eigenvalue weighted by Gasteiger charge is 2.27. The molecule has 3 rings (SSSR count). The van der Waals surface area contributed by atoms with Crippen molar-refractivity contribution in [2.24, 2.45) is 0 Å². The SMILES string of the molecule is COc1ccccc1C1CNCCN1CC(=O)NCCOc1ccccc1. The standard InChI is InChI=1S/C21H27N3O3/c1-26-20-10-6-5-9-18(20)19-15-22-11-13-24(19)16-21(25)23-12-14-27-17-7-3-2-4-8-17/h2-10,19,22H,11-16H2,1H3,(H,23,25). The van der Waals surface area contributed by atoms with Crippen molar-refractivity contribution in [2.45, 2.75) is 6.04 Å². The van der Waals surface area contributed by atoms with Gasteiger partial charge in [0.1, 0.15) is 18.1 Å². The number of amides is 1. The molecule has 0 aromatic heterocycles. The number of nitrogens with zero attached hydrogens (tertiary/aromatic N) is 1. The van der Waals surface area contributed by atoms with E-state index in [1.165, 1.54) is 0 Å². The first-order chi connectivity index (χ1) is 13.3. The summed E-state index contributed by atoms with van der Waals surface area (Å²) in [5.41, 5.74) is 1.10. The molecular weight excluding hydrogens is 342 g/mol. The highest BCUT2D eigenvalue weighted by atomic mass is 16.5. The molecular formula is C21H27N3O3. The summed E-state index contributed by atoms with van der Waals surface area (Å²) >= 11 is 0. The summed E-state index contributed by atoms with van der Waals surface area (Å²) in [4.78, 5) is 14.6. The lowest BCUT2D eigenvalue weighted by molar-refractivity contribution is -0.123. The van der Waals surface area contributed by atoms with Crippen molar-refractivity contribution in [2.75, 3.05) is 46.4 Å². The molecule has 2 N–H and O–H groups in total. The summed E-state index contributed by atoms with van der Waals surface area (Å²) in [6, 6.07) is 17.7. The van der Waals surface area contributed by atoms with Crippen molar-refractivity contribution < 1.29 is 14.3 Å². The lowest BCUT2D eigenvalue weighted by Crippen LogP contribution is -2.49. The fraction of sp³-hybridized carbons (Fsp3) is 0.381. The van der Waals surface area contributed by atoms with Gasteiger partial charge in [0.05, 0.1) is 26.2 Å². The molecule has 1 atom stereocenters. The molecule has 2 aromatic carbocycles. The van der Waals surface area contributed by atoms with Gasteiger partial charge in [-0.05, 0) is 18.2 Å². The van der Waals surface area contributed by atoms with Crippen LogP contribution in [0.2, 0.25) is 0 Å². The van der Waals surface area contributed by atoms with Gasteiger partial charge < -0.3 is 20.1 Å². The monoisotopic (exact) mass is 369 g/mol. The van der Waals surface area contributed by atoms with E-state index < -0.39 is 0 Å². The minimum absolute atomic E-state index is 0.00783. The van der Waals surface area contributed by atoms with E-state index in [2.05, 4.69) is 21.6 Å². The molecule has 6 heteroatoms. The Morgan fingerprint density at radius 2 is 1.96 bits per heavy atom. The summed E-state index contributed by atoms with van der Waals surface area (Å²) in [5, 5.41) is 6.35. The smallest absolute Gasteiger partial charge is 0.234 e. The van der Waals surface area contributed by atoms with Gasteiger partial charge in [-0.1, -0.05) is 36.4 Å². The Bertz CT molecular complexity index is 724. The Hall–Kier alpha value is -2.57. The number of para-hydroxylation sites is 2. The van der Waals surface area contributed by atoms with E-state index in [1.807, 2.05) is 48.5 Å². The van der Waals surface area contributed by atoms with Crippen LogP contribution in [0, 0.1) is 0 Å². The number of hydrogen-bond acceptors (Lipinski definition) is 5. The topological polar surface area (TPSA) is 62.8 Å². The first-order valence-electron chi connectivity index (χ1n) is 9.30. The van der Waals surface area contributed by atoms with E-state index in [0.29, 0.717) is 19.7 Å². The van der Waals surface area contributed by atoms with Gasteiger partial charge in [-0.25, -0.2) is 0 Å². The molecule has 144 valence electrons. The fourth-order valence-corrected chi connectivity index (χ4v) is 3.30. The molecule has 1 fully saturated rings. The number of piperazine rings is 1. The summed E-state index contributed by atoms with van der Waals surface area (Å²) in [6.45, 7) is 3.78.